The predicted molar refractivity (Wildman–Crippen MR) is 90.1 cm³/mol. The molecule has 0 atom stereocenters. The second-order valence-corrected chi connectivity index (χ2v) is 7.40. The molecule has 3 aromatic rings. The minimum Gasteiger partial charge on any atom is -0.490 e. The first-order chi connectivity index (χ1) is 11.4. The first kappa shape index (κ1) is 16.1. The molecular weight excluding hydrogens is 354 g/mol. The summed E-state index contributed by atoms with van der Waals surface area (Å²) in [6, 6.07) is 10.6. The van der Waals surface area contributed by atoms with Crippen LogP contribution in [0.4, 0.5) is 10.8 Å². The van der Waals surface area contributed by atoms with Crippen LogP contribution in [0, 0.1) is 10.1 Å². The zero-order chi connectivity index (χ0) is 17.3. The lowest BCUT2D eigenvalue weighted by Gasteiger charge is -2.07. The zero-order valence-corrected chi connectivity index (χ0v) is 13.9. The summed E-state index contributed by atoms with van der Waals surface area (Å²) in [4.78, 5) is 14.3. The van der Waals surface area contributed by atoms with Crippen molar-refractivity contribution in [3.05, 3.63) is 52.6 Å². The van der Waals surface area contributed by atoms with E-state index in [0.29, 0.717) is 5.52 Å². The zero-order valence-electron chi connectivity index (χ0n) is 12.3. The van der Waals surface area contributed by atoms with Crippen LogP contribution < -0.4 is 9.46 Å². The number of fused-ring (bicyclic) bond motifs is 1. The molecule has 8 nitrogen and oxygen atoms in total. The van der Waals surface area contributed by atoms with E-state index in [9.17, 15) is 18.5 Å². The first-order valence-electron chi connectivity index (χ1n) is 6.61. The molecule has 0 radical (unpaired) electrons. The SMILES string of the molecule is COc1ccc(S(=O)(=O)Nc2nc3ccccc3s2)cc1[N+](=O)[O-]. The van der Waals surface area contributed by atoms with Crippen molar-refractivity contribution < 1.29 is 18.1 Å². The van der Waals surface area contributed by atoms with Crippen LogP contribution >= 0.6 is 11.3 Å². The van der Waals surface area contributed by atoms with Crippen LogP contribution in [-0.2, 0) is 10.0 Å². The van der Waals surface area contributed by atoms with Crippen molar-refractivity contribution in [2.75, 3.05) is 11.8 Å². The van der Waals surface area contributed by atoms with E-state index in [1.165, 1.54) is 30.6 Å². The summed E-state index contributed by atoms with van der Waals surface area (Å²) >= 11 is 1.18. The highest BCUT2D eigenvalue weighted by atomic mass is 32.2. The molecule has 1 aromatic heterocycles. The third-order valence-electron chi connectivity index (χ3n) is 3.17. The number of sulfonamides is 1. The molecule has 3 rings (SSSR count). The molecule has 0 fully saturated rings. The Balaban J connectivity index is 1.98. The largest absolute Gasteiger partial charge is 0.490 e. The summed E-state index contributed by atoms with van der Waals surface area (Å²) in [7, 11) is -2.73. The average molecular weight is 365 g/mol. The number of ether oxygens (including phenoxy) is 1. The van der Waals surface area contributed by atoms with Crippen LogP contribution in [0.25, 0.3) is 10.2 Å². The normalized spacial score (nSPS) is 11.4. The molecular formula is C14H11N3O5S2. The summed E-state index contributed by atoms with van der Waals surface area (Å²) in [5.41, 5.74) is 0.241. The Morgan fingerprint density at radius 2 is 2.00 bits per heavy atom. The number of para-hydroxylation sites is 1. The Bertz CT molecular complexity index is 997. The van der Waals surface area contributed by atoms with Crippen molar-refractivity contribution in [2.24, 2.45) is 0 Å². The highest BCUT2D eigenvalue weighted by Gasteiger charge is 2.23. The lowest BCUT2D eigenvalue weighted by Crippen LogP contribution is -2.13. The van der Waals surface area contributed by atoms with Gasteiger partial charge in [0.15, 0.2) is 10.9 Å². The molecule has 10 heteroatoms. The molecule has 0 saturated carbocycles. The quantitative estimate of drug-likeness (QED) is 0.549. The molecule has 0 unspecified atom stereocenters. The van der Waals surface area contributed by atoms with Crippen LogP contribution in [0.5, 0.6) is 5.75 Å². The van der Waals surface area contributed by atoms with Crippen molar-refractivity contribution in [2.45, 2.75) is 4.90 Å². The molecule has 0 aliphatic carbocycles. The topological polar surface area (TPSA) is 111 Å². The van der Waals surface area contributed by atoms with E-state index in [1.807, 2.05) is 12.1 Å². The van der Waals surface area contributed by atoms with Gasteiger partial charge in [0.25, 0.3) is 10.0 Å². The third-order valence-corrected chi connectivity index (χ3v) is 5.59. The van der Waals surface area contributed by atoms with E-state index < -0.39 is 20.6 Å². The van der Waals surface area contributed by atoms with Crippen LogP contribution in [0.3, 0.4) is 0 Å². The number of nitrogens with one attached hydrogen (secondary N) is 1. The Labute approximate surface area is 140 Å². The van der Waals surface area contributed by atoms with Crippen molar-refractivity contribution in [1.29, 1.82) is 0 Å². The van der Waals surface area contributed by atoms with Crippen LogP contribution in [0.15, 0.2) is 47.4 Å². The van der Waals surface area contributed by atoms with Gasteiger partial charge in [0.05, 0.1) is 27.1 Å². The molecule has 2 aromatic carbocycles. The maximum absolute atomic E-state index is 12.4. The van der Waals surface area contributed by atoms with Gasteiger partial charge in [-0.3, -0.25) is 14.8 Å². The van der Waals surface area contributed by atoms with Crippen LogP contribution in [-0.4, -0.2) is 25.4 Å². The van der Waals surface area contributed by atoms with Gasteiger partial charge in [-0.15, -0.1) is 0 Å². The Hall–Kier alpha value is -2.72. The van der Waals surface area contributed by atoms with Gasteiger partial charge in [-0.2, -0.15) is 0 Å². The number of benzene rings is 2. The minimum absolute atomic E-state index is 0.0149. The van der Waals surface area contributed by atoms with Crippen molar-refractivity contribution >= 4 is 42.4 Å². The van der Waals surface area contributed by atoms with Gasteiger partial charge in [-0.25, -0.2) is 13.4 Å². The van der Waals surface area contributed by atoms with Gasteiger partial charge in [-0.1, -0.05) is 23.5 Å². The van der Waals surface area contributed by atoms with E-state index in [-0.39, 0.29) is 15.8 Å². The van der Waals surface area contributed by atoms with Gasteiger partial charge < -0.3 is 4.74 Å². The standard InChI is InChI=1S/C14H11N3O5S2/c1-22-12-7-6-9(8-11(12)17(18)19)24(20,21)16-14-15-10-4-2-3-5-13(10)23-14/h2-8H,1H3,(H,15,16). The molecule has 24 heavy (non-hydrogen) atoms. The summed E-state index contributed by atoms with van der Waals surface area (Å²) in [5.74, 6) is -0.0149. The summed E-state index contributed by atoms with van der Waals surface area (Å²) < 4.78 is 32.9. The number of methoxy groups -OCH3 is 1. The number of aromatic nitrogens is 1. The number of rotatable bonds is 5. The van der Waals surface area contributed by atoms with Crippen LogP contribution in [0.2, 0.25) is 0 Å². The molecule has 0 spiro atoms. The average Bonchev–Trinajstić information content (AvgIpc) is 2.95. The van der Waals surface area contributed by atoms with E-state index >= 15 is 0 Å². The van der Waals surface area contributed by atoms with Crippen LogP contribution in [0.1, 0.15) is 0 Å². The third kappa shape index (κ3) is 3.01. The van der Waals surface area contributed by atoms with Gasteiger partial charge in [0.1, 0.15) is 0 Å². The fourth-order valence-electron chi connectivity index (χ4n) is 2.07. The minimum atomic E-state index is -4.00. The second-order valence-electron chi connectivity index (χ2n) is 4.68. The van der Waals surface area contributed by atoms with Gasteiger partial charge >= 0.3 is 5.69 Å². The van der Waals surface area contributed by atoms with E-state index in [4.69, 9.17) is 4.74 Å². The number of anilines is 1. The van der Waals surface area contributed by atoms with Gasteiger partial charge in [0, 0.05) is 6.07 Å². The number of hydrogen-bond acceptors (Lipinski definition) is 7. The number of nitro benzene ring substituents is 1. The molecule has 1 heterocycles. The maximum Gasteiger partial charge on any atom is 0.312 e. The van der Waals surface area contributed by atoms with Gasteiger partial charge in [0.2, 0.25) is 0 Å². The number of nitrogens with zero attached hydrogens (tertiary/aromatic N) is 2. The lowest BCUT2D eigenvalue weighted by molar-refractivity contribution is -0.386. The van der Waals surface area contributed by atoms with E-state index in [1.54, 1.807) is 12.1 Å². The summed E-state index contributed by atoms with van der Waals surface area (Å²) in [6.07, 6.45) is 0. The van der Waals surface area contributed by atoms with Crippen molar-refractivity contribution in [3.63, 3.8) is 0 Å². The molecule has 0 amide bonds. The summed E-state index contributed by atoms with van der Waals surface area (Å²) in [6.45, 7) is 0. The molecule has 0 aliphatic rings. The highest BCUT2D eigenvalue weighted by Crippen LogP contribution is 2.31. The first-order valence-corrected chi connectivity index (χ1v) is 8.91. The fraction of sp³-hybridized carbons (Fsp3) is 0.0714. The Kier molecular flexibility index (Phi) is 4.08. The Morgan fingerprint density at radius 1 is 1.25 bits per heavy atom. The Morgan fingerprint density at radius 3 is 2.67 bits per heavy atom. The number of nitro groups is 1. The second kappa shape index (κ2) is 6.06. The van der Waals surface area contributed by atoms with Gasteiger partial charge in [-0.05, 0) is 24.3 Å². The molecule has 0 bridgehead atoms. The number of hydrogen-bond donors (Lipinski definition) is 1. The van der Waals surface area contributed by atoms with E-state index in [2.05, 4.69) is 9.71 Å². The smallest absolute Gasteiger partial charge is 0.312 e. The maximum atomic E-state index is 12.4. The summed E-state index contributed by atoms with van der Waals surface area (Å²) in [5, 5.41) is 11.2. The van der Waals surface area contributed by atoms with Crippen molar-refractivity contribution in [3.8, 4) is 5.75 Å². The predicted octanol–water partition coefficient (Wildman–Crippen LogP) is 3.01. The molecule has 124 valence electrons. The molecule has 0 saturated heterocycles. The molecule has 0 aliphatic heterocycles. The van der Waals surface area contributed by atoms with E-state index in [0.717, 1.165) is 10.8 Å². The number of thiazole rings is 1. The lowest BCUT2D eigenvalue weighted by atomic mass is 10.3. The fourth-order valence-corrected chi connectivity index (χ4v) is 4.19. The van der Waals surface area contributed by atoms with Crippen molar-refractivity contribution in [1.82, 2.24) is 4.98 Å². The monoisotopic (exact) mass is 365 g/mol. The highest BCUT2D eigenvalue weighted by molar-refractivity contribution is 7.93. The molecule has 1 N–H and O–H groups in total.